The van der Waals surface area contributed by atoms with Crippen molar-refractivity contribution in [2.75, 3.05) is 26.3 Å². The number of carbonyl (C=O) groups is 1. The number of rotatable bonds is 5. The number of nitrogens with zero attached hydrogens (tertiary/aromatic N) is 4. The molecule has 7 nitrogen and oxygen atoms in total. The number of hydrogen-bond acceptors (Lipinski definition) is 5. The highest BCUT2D eigenvalue weighted by atomic mass is 16.5. The molecule has 1 fully saturated rings. The van der Waals surface area contributed by atoms with Crippen molar-refractivity contribution in [1.82, 2.24) is 24.6 Å². The van der Waals surface area contributed by atoms with Gasteiger partial charge >= 0.3 is 0 Å². The Balaban J connectivity index is 1.50. The number of aromatic nitrogens is 3. The number of ether oxygens (including phenoxy) is 1. The first-order chi connectivity index (χ1) is 13.2. The Hall–Kier alpha value is -2.77. The number of amides is 1. The number of nitrogens with one attached hydrogen (secondary N) is 1. The van der Waals surface area contributed by atoms with Gasteiger partial charge in [-0.2, -0.15) is 0 Å². The minimum absolute atomic E-state index is 0.0434. The Bertz CT molecular complexity index is 919. The van der Waals surface area contributed by atoms with Crippen molar-refractivity contribution in [3.63, 3.8) is 0 Å². The molecule has 1 unspecified atom stereocenters. The van der Waals surface area contributed by atoms with Gasteiger partial charge in [0.2, 0.25) is 5.91 Å². The molecule has 27 heavy (non-hydrogen) atoms. The van der Waals surface area contributed by atoms with E-state index in [9.17, 15) is 4.79 Å². The Labute approximate surface area is 158 Å². The van der Waals surface area contributed by atoms with Gasteiger partial charge in [-0.15, -0.1) is 0 Å². The van der Waals surface area contributed by atoms with Gasteiger partial charge in [-0.05, 0) is 30.2 Å². The van der Waals surface area contributed by atoms with E-state index in [0.29, 0.717) is 19.8 Å². The van der Waals surface area contributed by atoms with Crippen LogP contribution in [0.4, 0.5) is 0 Å². The Morgan fingerprint density at radius 1 is 1.26 bits per heavy atom. The molecule has 1 aliphatic rings. The van der Waals surface area contributed by atoms with Crippen molar-refractivity contribution < 1.29 is 9.53 Å². The van der Waals surface area contributed by atoms with Crippen molar-refractivity contribution in [2.45, 2.75) is 19.5 Å². The maximum Gasteiger partial charge on any atom is 0.242 e. The largest absolute Gasteiger partial charge is 0.379 e. The monoisotopic (exact) mass is 365 g/mol. The number of carbonyl (C=O) groups excluding carboxylic acids is 1. The van der Waals surface area contributed by atoms with Gasteiger partial charge in [0.1, 0.15) is 11.7 Å². The number of morpholine rings is 1. The predicted octanol–water partition coefficient (Wildman–Crippen LogP) is 1.73. The van der Waals surface area contributed by atoms with Crippen molar-refractivity contribution in [3.05, 3.63) is 65.9 Å². The van der Waals surface area contributed by atoms with Crippen LogP contribution >= 0.6 is 0 Å². The summed E-state index contributed by atoms with van der Waals surface area (Å²) in [6.07, 6.45) is 7.46. The maximum absolute atomic E-state index is 13.0. The average Bonchev–Trinajstić information content (AvgIpc) is 3.10. The van der Waals surface area contributed by atoms with E-state index in [-0.39, 0.29) is 11.9 Å². The summed E-state index contributed by atoms with van der Waals surface area (Å²) in [5, 5.41) is 3.05. The topological polar surface area (TPSA) is 71.8 Å². The molecule has 0 aliphatic carbocycles. The molecular weight excluding hydrogens is 342 g/mol. The van der Waals surface area contributed by atoms with Gasteiger partial charge in [0.25, 0.3) is 0 Å². The Kier molecular flexibility index (Phi) is 5.13. The van der Waals surface area contributed by atoms with E-state index in [2.05, 4.69) is 20.2 Å². The predicted molar refractivity (Wildman–Crippen MR) is 101 cm³/mol. The molecule has 3 aromatic rings. The standard InChI is InChI=1S/C20H23N5O2/c1-15-4-5-18-23-17(14-25(18)13-15)12-22-20(26)19(16-3-2-6-21-11-16)24-7-9-27-10-8-24/h2-6,11,13-14,19H,7-10,12H2,1H3,(H,22,26). The zero-order valence-corrected chi connectivity index (χ0v) is 15.3. The molecule has 0 spiro atoms. The number of imidazole rings is 1. The quantitative estimate of drug-likeness (QED) is 0.746. The van der Waals surface area contributed by atoms with Crippen molar-refractivity contribution >= 4 is 11.6 Å². The molecule has 0 saturated carbocycles. The van der Waals surface area contributed by atoms with E-state index in [1.807, 2.05) is 48.0 Å². The number of fused-ring (bicyclic) bond motifs is 1. The second kappa shape index (κ2) is 7.85. The van der Waals surface area contributed by atoms with E-state index >= 15 is 0 Å². The summed E-state index contributed by atoms with van der Waals surface area (Å²) in [4.78, 5) is 23.9. The van der Waals surface area contributed by atoms with Gasteiger partial charge in [0, 0.05) is 37.9 Å². The first-order valence-electron chi connectivity index (χ1n) is 9.14. The molecule has 4 heterocycles. The van der Waals surface area contributed by atoms with Crippen molar-refractivity contribution in [3.8, 4) is 0 Å². The lowest BCUT2D eigenvalue weighted by Gasteiger charge is -2.33. The Morgan fingerprint density at radius 2 is 2.11 bits per heavy atom. The molecular formula is C20H23N5O2. The molecule has 1 amide bonds. The smallest absolute Gasteiger partial charge is 0.242 e. The first kappa shape index (κ1) is 17.6. The molecule has 1 atom stereocenters. The summed E-state index contributed by atoms with van der Waals surface area (Å²) in [5.74, 6) is -0.0434. The van der Waals surface area contributed by atoms with Crippen LogP contribution in [-0.2, 0) is 16.1 Å². The lowest BCUT2D eigenvalue weighted by atomic mass is 10.1. The minimum atomic E-state index is -0.373. The van der Waals surface area contributed by atoms with Crippen molar-refractivity contribution in [2.24, 2.45) is 0 Å². The first-order valence-corrected chi connectivity index (χ1v) is 9.14. The van der Waals surface area contributed by atoms with Gasteiger partial charge in [-0.25, -0.2) is 4.98 Å². The third kappa shape index (κ3) is 3.99. The van der Waals surface area contributed by atoms with Crippen LogP contribution in [0, 0.1) is 6.92 Å². The molecule has 4 rings (SSSR count). The lowest BCUT2D eigenvalue weighted by Crippen LogP contribution is -2.45. The second-order valence-corrected chi connectivity index (χ2v) is 6.76. The molecule has 1 aliphatic heterocycles. The second-order valence-electron chi connectivity index (χ2n) is 6.76. The van der Waals surface area contributed by atoms with Crippen LogP contribution in [0.2, 0.25) is 0 Å². The van der Waals surface area contributed by atoms with E-state index in [4.69, 9.17) is 4.74 Å². The number of pyridine rings is 2. The fourth-order valence-electron chi connectivity index (χ4n) is 3.42. The average molecular weight is 365 g/mol. The van der Waals surface area contributed by atoms with Crippen LogP contribution in [0.3, 0.4) is 0 Å². The summed E-state index contributed by atoms with van der Waals surface area (Å²) in [7, 11) is 0. The molecule has 7 heteroatoms. The molecule has 1 N–H and O–H groups in total. The van der Waals surface area contributed by atoms with Crippen LogP contribution < -0.4 is 5.32 Å². The zero-order valence-electron chi connectivity index (χ0n) is 15.3. The molecule has 140 valence electrons. The third-order valence-electron chi connectivity index (χ3n) is 4.75. The summed E-state index contributed by atoms with van der Waals surface area (Å²) in [6.45, 7) is 5.15. The maximum atomic E-state index is 13.0. The van der Waals surface area contributed by atoms with E-state index < -0.39 is 0 Å². The van der Waals surface area contributed by atoms with E-state index in [1.54, 1.807) is 12.4 Å². The van der Waals surface area contributed by atoms with Crippen LogP contribution in [-0.4, -0.2) is 51.5 Å². The van der Waals surface area contributed by atoms with Crippen molar-refractivity contribution in [1.29, 1.82) is 0 Å². The number of aryl methyl sites for hydroxylation is 1. The lowest BCUT2D eigenvalue weighted by molar-refractivity contribution is -0.128. The summed E-state index contributed by atoms with van der Waals surface area (Å²) in [5.41, 5.74) is 3.77. The zero-order chi connectivity index (χ0) is 18.6. The van der Waals surface area contributed by atoms with E-state index in [0.717, 1.165) is 30.0 Å². The fraction of sp³-hybridized carbons (Fsp3) is 0.350. The molecule has 0 aromatic carbocycles. The van der Waals surface area contributed by atoms with Crippen LogP contribution in [0.5, 0.6) is 0 Å². The van der Waals surface area contributed by atoms with Gasteiger partial charge in [-0.3, -0.25) is 14.7 Å². The van der Waals surface area contributed by atoms with Gasteiger partial charge in [0.15, 0.2) is 0 Å². The molecule has 3 aromatic heterocycles. The summed E-state index contributed by atoms with van der Waals surface area (Å²) >= 11 is 0. The highest BCUT2D eigenvalue weighted by Gasteiger charge is 2.29. The number of hydrogen-bond donors (Lipinski definition) is 1. The van der Waals surface area contributed by atoms with Crippen LogP contribution in [0.15, 0.2) is 49.1 Å². The van der Waals surface area contributed by atoms with Crippen LogP contribution in [0.25, 0.3) is 5.65 Å². The molecule has 1 saturated heterocycles. The Morgan fingerprint density at radius 3 is 2.89 bits per heavy atom. The van der Waals surface area contributed by atoms with Crippen LogP contribution in [0.1, 0.15) is 22.9 Å². The SMILES string of the molecule is Cc1ccc2nc(CNC(=O)C(c3cccnc3)N3CCOCC3)cn2c1. The van der Waals surface area contributed by atoms with Gasteiger partial charge < -0.3 is 14.5 Å². The normalized spacial score (nSPS) is 16.3. The summed E-state index contributed by atoms with van der Waals surface area (Å²) < 4.78 is 7.42. The molecule has 0 bridgehead atoms. The minimum Gasteiger partial charge on any atom is -0.379 e. The highest BCUT2D eigenvalue weighted by molar-refractivity contribution is 5.83. The van der Waals surface area contributed by atoms with Gasteiger partial charge in [0.05, 0.1) is 25.5 Å². The fourth-order valence-corrected chi connectivity index (χ4v) is 3.42. The summed E-state index contributed by atoms with van der Waals surface area (Å²) in [6, 6.07) is 7.44. The van der Waals surface area contributed by atoms with Gasteiger partial charge in [-0.1, -0.05) is 12.1 Å². The molecule has 0 radical (unpaired) electrons. The van der Waals surface area contributed by atoms with E-state index in [1.165, 1.54) is 5.56 Å². The highest BCUT2D eigenvalue weighted by Crippen LogP contribution is 2.21. The third-order valence-corrected chi connectivity index (χ3v) is 4.75.